The second-order valence-corrected chi connectivity index (χ2v) is 8.03. The van der Waals surface area contributed by atoms with Gasteiger partial charge in [0.15, 0.2) is 0 Å². The number of methoxy groups -OCH3 is 1. The molecular formula is C17H16ClF3N2O4S. The maximum Gasteiger partial charge on any atom is 0.416 e. The minimum atomic E-state index is -4.65. The molecule has 0 bridgehead atoms. The lowest BCUT2D eigenvalue weighted by molar-refractivity contribution is -0.137. The van der Waals surface area contributed by atoms with Gasteiger partial charge in [-0.25, -0.2) is 8.42 Å². The second kappa shape index (κ2) is 8.27. The first kappa shape index (κ1) is 21.8. The summed E-state index contributed by atoms with van der Waals surface area (Å²) in [7, 11) is -2.61. The van der Waals surface area contributed by atoms with Crippen LogP contribution in [0.3, 0.4) is 0 Å². The molecule has 0 aromatic heterocycles. The molecule has 0 aliphatic carbocycles. The lowest BCUT2D eigenvalue weighted by Gasteiger charge is -2.23. The summed E-state index contributed by atoms with van der Waals surface area (Å²) in [4.78, 5) is 12.3. The SMILES string of the molecule is COc1ccc(NC(=O)CN(c2cccc(C(F)(F)F)c2)S(C)(=O)=O)cc1Cl. The van der Waals surface area contributed by atoms with Crippen LogP contribution in [0.1, 0.15) is 5.56 Å². The van der Waals surface area contributed by atoms with Crippen molar-refractivity contribution in [3.8, 4) is 5.75 Å². The van der Waals surface area contributed by atoms with E-state index < -0.39 is 34.2 Å². The first-order valence-corrected chi connectivity index (χ1v) is 9.93. The summed E-state index contributed by atoms with van der Waals surface area (Å²) in [6, 6.07) is 8.09. The van der Waals surface area contributed by atoms with Crippen LogP contribution in [0.5, 0.6) is 5.75 Å². The molecule has 152 valence electrons. The highest BCUT2D eigenvalue weighted by Gasteiger charge is 2.32. The van der Waals surface area contributed by atoms with Gasteiger partial charge in [-0.15, -0.1) is 0 Å². The number of anilines is 2. The van der Waals surface area contributed by atoms with Gasteiger partial charge in [-0.3, -0.25) is 9.10 Å². The van der Waals surface area contributed by atoms with E-state index in [9.17, 15) is 26.4 Å². The van der Waals surface area contributed by atoms with Crippen LogP contribution in [-0.2, 0) is 21.0 Å². The van der Waals surface area contributed by atoms with E-state index in [-0.39, 0.29) is 16.4 Å². The molecule has 28 heavy (non-hydrogen) atoms. The van der Waals surface area contributed by atoms with Crippen molar-refractivity contribution >= 4 is 38.9 Å². The molecule has 0 atom stereocenters. The Kier molecular flexibility index (Phi) is 6.45. The minimum Gasteiger partial charge on any atom is -0.495 e. The number of benzene rings is 2. The number of amides is 1. The molecule has 0 spiro atoms. The fraction of sp³-hybridized carbons (Fsp3) is 0.235. The number of rotatable bonds is 6. The van der Waals surface area contributed by atoms with E-state index in [4.69, 9.17) is 16.3 Å². The molecule has 0 heterocycles. The van der Waals surface area contributed by atoms with Gasteiger partial charge in [0.1, 0.15) is 12.3 Å². The normalized spacial score (nSPS) is 11.8. The summed E-state index contributed by atoms with van der Waals surface area (Å²) in [5, 5.41) is 2.66. The van der Waals surface area contributed by atoms with E-state index in [1.54, 1.807) is 0 Å². The Morgan fingerprint density at radius 2 is 1.89 bits per heavy atom. The van der Waals surface area contributed by atoms with Crippen LogP contribution in [0.4, 0.5) is 24.5 Å². The van der Waals surface area contributed by atoms with Gasteiger partial charge >= 0.3 is 6.18 Å². The molecule has 1 amide bonds. The lowest BCUT2D eigenvalue weighted by atomic mass is 10.2. The number of carbonyl (C=O) groups excluding carboxylic acids is 1. The molecular weight excluding hydrogens is 421 g/mol. The van der Waals surface area contributed by atoms with Gasteiger partial charge in [-0.1, -0.05) is 17.7 Å². The molecule has 0 saturated carbocycles. The fourth-order valence-electron chi connectivity index (χ4n) is 2.31. The van der Waals surface area contributed by atoms with E-state index in [1.165, 1.54) is 31.4 Å². The highest BCUT2D eigenvalue weighted by Crippen LogP contribution is 2.32. The van der Waals surface area contributed by atoms with Crippen molar-refractivity contribution in [2.45, 2.75) is 6.18 Å². The van der Waals surface area contributed by atoms with Crippen LogP contribution in [0.15, 0.2) is 42.5 Å². The number of hydrogen-bond acceptors (Lipinski definition) is 4. The number of ether oxygens (including phenoxy) is 1. The van der Waals surface area contributed by atoms with Crippen molar-refractivity contribution in [1.29, 1.82) is 0 Å². The predicted octanol–water partition coefficient (Wildman–Crippen LogP) is 3.77. The zero-order chi connectivity index (χ0) is 21.1. The quantitative estimate of drug-likeness (QED) is 0.748. The minimum absolute atomic E-state index is 0.221. The molecule has 2 aromatic carbocycles. The van der Waals surface area contributed by atoms with Crippen molar-refractivity contribution < 1.29 is 31.1 Å². The van der Waals surface area contributed by atoms with E-state index in [0.717, 1.165) is 18.4 Å². The molecule has 2 aromatic rings. The Morgan fingerprint density at radius 3 is 2.43 bits per heavy atom. The van der Waals surface area contributed by atoms with Gasteiger partial charge < -0.3 is 10.1 Å². The lowest BCUT2D eigenvalue weighted by Crippen LogP contribution is -2.37. The molecule has 0 aliphatic heterocycles. The highest BCUT2D eigenvalue weighted by molar-refractivity contribution is 7.92. The third kappa shape index (κ3) is 5.52. The van der Waals surface area contributed by atoms with Crippen molar-refractivity contribution in [3.63, 3.8) is 0 Å². The Labute approximate surface area is 164 Å². The van der Waals surface area contributed by atoms with Gasteiger partial charge in [0.05, 0.1) is 29.6 Å². The molecule has 0 saturated heterocycles. The summed E-state index contributed by atoms with van der Waals surface area (Å²) in [6.07, 6.45) is -3.86. The van der Waals surface area contributed by atoms with Crippen LogP contribution >= 0.6 is 11.6 Å². The zero-order valence-corrected chi connectivity index (χ0v) is 16.3. The largest absolute Gasteiger partial charge is 0.495 e. The first-order chi connectivity index (χ1) is 12.9. The van der Waals surface area contributed by atoms with Crippen LogP contribution in [0, 0.1) is 0 Å². The first-order valence-electron chi connectivity index (χ1n) is 7.70. The van der Waals surface area contributed by atoms with E-state index in [2.05, 4.69) is 5.32 Å². The Hall–Kier alpha value is -2.46. The average molecular weight is 437 g/mol. The van der Waals surface area contributed by atoms with Crippen LogP contribution in [0.2, 0.25) is 5.02 Å². The number of sulfonamides is 1. The number of alkyl halides is 3. The topological polar surface area (TPSA) is 75.7 Å². The third-order valence-electron chi connectivity index (χ3n) is 3.58. The molecule has 6 nitrogen and oxygen atoms in total. The van der Waals surface area contributed by atoms with Gasteiger partial charge in [0.2, 0.25) is 15.9 Å². The Balaban J connectivity index is 2.26. The van der Waals surface area contributed by atoms with Gasteiger partial charge in [0.25, 0.3) is 0 Å². The van der Waals surface area contributed by atoms with Crippen molar-refractivity contribution in [2.24, 2.45) is 0 Å². The Bertz CT molecular complexity index is 981. The third-order valence-corrected chi connectivity index (χ3v) is 5.02. The fourth-order valence-corrected chi connectivity index (χ4v) is 3.42. The molecule has 1 N–H and O–H groups in total. The number of carbonyl (C=O) groups is 1. The van der Waals surface area contributed by atoms with Crippen molar-refractivity contribution in [2.75, 3.05) is 29.5 Å². The molecule has 2 rings (SSSR count). The maximum atomic E-state index is 12.9. The average Bonchev–Trinajstić information content (AvgIpc) is 2.58. The monoisotopic (exact) mass is 436 g/mol. The molecule has 0 unspecified atom stereocenters. The molecule has 11 heteroatoms. The molecule has 0 aliphatic rings. The summed E-state index contributed by atoms with van der Waals surface area (Å²) < 4.78 is 68.4. The summed E-state index contributed by atoms with van der Waals surface area (Å²) >= 11 is 5.96. The van der Waals surface area contributed by atoms with E-state index in [0.29, 0.717) is 16.1 Å². The summed E-state index contributed by atoms with van der Waals surface area (Å²) in [5.74, 6) is -0.384. The van der Waals surface area contributed by atoms with Crippen LogP contribution < -0.4 is 14.4 Å². The van der Waals surface area contributed by atoms with Crippen molar-refractivity contribution in [1.82, 2.24) is 0 Å². The second-order valence-electron chi connectivity index (χ2n) is 5.72. The highest BCUT2D eigenvalue weighted by atomic mass is 35.5. The number of nitrogens with zero attached hydrogens (tertiary/aromatic N) is 1. The Morgan fingerprint density at radius 1 is 1.21 bits per heavy atom. The number of hydrogen-bond donors (Lipinski definition) is 1. The standard InChI is InChI=1S/C17H16ClF3N2O4S/c1-27-15-7-6-12(9-14(15)18)22-16(24)10-23(28(2,25)26)13-5-3-4-11(8-13)17(19,20)21/h3-9H,10H2,1-2H3,(H,22,24). The predicted molar refractivity (Wildman–Crippen MR) is 100 cm³/mol. The van der Waals surface area contributed by atoms with Gasteiger partial charge in [-0.2, -0.15) is 13.2 Å². The number of halogens is 4. The van der Waals surface area contributed by atoms with Crippen LogP contribution in [-0.4, -0.2) is 34.2 Å². The maximum absolute atomic E-state index is 12.9. The molecule has 0 radical (unpaired) electrons. The van der Waals surface area contributed by atoms with Gasteiger partial charge in [0, 0.05) is 5.69 Å². The van der Waals surface area contributed by atoms with Gasteiger partial charge in [-0.05, 0) is 36.4 Å². The summed E-state index contributed by atoms with van der Waals surface area (Å²) in [5.41, 5.74) is -1.03. The van der Waals surface area contributed by atoms with E-state index >= 15 is 0 Å². The summed E-state index contributed by atoms with van der Waals surface area (Å²) in [6.45, 7) is -0.718. The number of nitrogens with one attached hydrogen (secondary N) is 1. The van der Waals surface area contributed by atoms with Crippen molar-refractivity contribution in [3.05, 3.63) is 53.1 Å². The smallest absolute Gasteiger partial charge is 0.416 e. The van der Waals surface area contributed by atoms with E-state index in [1.807, 2.05) is 0 Å². The molecule has 0 fully saturated rings. The zero-order valence-electron chi connectivity index (χ0n) is 14.7. The van der Waals surface area contributed by atoms with Crippen LogP contribution in [0.25, 0.3) is 0 Å².